The molecule has 5 nitrogen and oxygen atoms in total. The maximum Gasteiger partial charge on any atom is 0.350 e. The van der Waals surface area contributed by atoms with Crippen molar-refractivity contribution in [2.75, 3.05) is 0 Å². The highest BCUT2D eigenvalue weighted by atomic mass is 16.6. The number of ether oxygens (including phenoxy) is 3. The van der Waals surface area contributed by atoms with Gasteiger partial charge in [-0.15, -0.1) is 0 Å². The maximum atomic E-state index is 12.2. The van der Waals surface area contributed by atoms with Gasteiger partial charge in [-0.1, -0.05) is 12.2 Å². The van der Waals surface area contributed by atoms with Gasteiger partial charge in [0, 0.05) is 0 Å². The van der Waals surface area contributed by atoms with Crippen molar-refractivity contribution in [3.8, 4) is 0 Å². The fourth-order valence-corrected chi connectivity index (χ4v) is 3.22. The summed E-state index contributed by atoms with van der Waals surface area (Å²) in [6, 6.07) is 0. The molecular formula is C14H14O5. The molecule has 4 rings (SSSR count). The molecular weight excluding hydrogens is 248 g/mol. The largest absolute Gasteiger partial charge is 0.388 e. The molecule has 4 bridgehead atoms. The van der Waals surface area contributed by atoms with Gasteiger partial charge >= 0.3 is 11.9 Å². The fourth-order valence-electron chi connectivity index (χ4n) is 3.22. The molecule has 4 aliphatic rings. The molecule has 2 fully saturated rings. The Morgan fingerprint density at radius 3 is 1.68 bits per heavy atom. The number of hydrogen-bond donors (Lipinski definition) is 0. The second-order valence-corrected chi connectivity index (χ2v) is 5.56. The summed E-state index contributed by atoms with van der Waals surface area (Å²) in [4.78, 5) is 24.3. The molecule has 0 aromatic carbocycles. The van der Waals surface area contributed by atoms with Gasteiger partial charge in [0.05, 0.1) is 12.2 Å². The molecule has 4 atom stereocenters. The van der Waals surface area contributed by atoms with E-state index in [0.717, 1.165) is 12.8 Å². The highest BCUT2D eigenvalue weighted by Crippen LogP contribution is 2.42. The molecule has 4 heterocycles. The van der Waals surface area contributed by atoms with Crippen molar-refractivity contribution in [1.29, 1.82) is 0 Å². The molecule has 0 aliphatic carbocycles. The van der Waals surface area contributed by atoms with Gasteiger partial charge in [-0.3, -0.25) is 0 Å². The molecule has 5 heteroatoms. The first-order valence-electron chi connectivity index (χ1n) is 6.63. The summed E-state index contributed by atoms with van der Waals surface area (Å²) >= 11 is 0. The van der Waals surface area contributed by atoms with Crippen LogP contribution in [0.4, 0.5) is 0 Å². The summed E-state index contributed by atoms with van der Waals surface area (Å²) < 4.78 is 16.2. The zero-order chi connectivity index (χ0) is 13.1. The van der Waals surface area contributed by atoms with Crippen molar-refractivity contribution in [3.05, 3.63) is 24.3 Å². The van der Waals surface area contributed by atoms with Crippen LogP contribution in [0.3, 0.4) is 0 Å². The minimum atomic E-state index is -1.04. The zero-order valence-corrected chi connectivity index (χ0v) is 10.3. The van der Waals surface area contributed by atoms with Gasteiger partial charge in [-0.05, 0) is 37.8 Å². The van der Waals surface area contributed by atoms with Crippen LogP contribution in [-0.2, 0) is 23.8 Å². The van der Waals surface area contributed by atoms with Gasteiger partial charge in [0.1, 0.15) is 0 Å². The highest BCUT2D eigenvalue weighted by Gasteiger charge is 2.54. The van der Waals surface area contributed by atoms with Crippen LogP contribution in [0.15, 0.2) is 24.3 Å². The zero-order valence-electron chi connectivity index (χ0n) is 10.3. The molecule has 100 valence electrons. The van der Waals surface area contributed by atoms with Crippen LogP contribution in [0.25, 0.3) is 0 Å². The summed E-state index contributed by atoms with van der Waals surface area (Å²) in [7, 11) is 0. The van der Waals surface area contributed by atoms with Crippen LogP contribution >= 0.6 is 0 Å². The predicted molar refractivity (Wildman–Crippen MR) is 63.1 cm³/mol. The monoisotopic (exact) mass is 262 g/mol. The lowest BCUT2D eigenvalue weighted by molar-refractivity contribution is -0.180. The number of fused-ring (bicyclic) bond motifs is 4. The molecule has 0 radical (unpaired) electrons. The van der Waals surface area contributed by atoms with E-state index in [1.54, 1.807) is 12.2 Å². The molecule has 0 aromatic rings. The van der Waals surface area contributed by atoms with Gasteiger partial charge in [-0.2, -0.15) is 0 Å². The summed E-state index contributed by atoms with van der Waals surface area (Å²) in [5, 5.41) is 0. The Labute approximate surface area is 110 Å². The van der Waals surface area contributed by atoms with Crippen LogP contribution in [-0.4, -0.2) is 35.3 Å². The van der Waals surface area contributed by atoms with E-state index in [1.165, 1.54) is 0 Å². The molecule has 0 saturated carbocycles. The normalized spacial score (nSPS) is 45.1. The summed E-state index contributed by atoms with van der Waals surface area (Å²) in [5.74, 6) is -1.23. The van der Waals surface area contributed by atoms with E-state index in [2.05, 4.69) is 0 Å². The van der Waals surface area contributed by atoms with Crippen molar-refractivity contribution >= 4 is 11.9 Å². The van der Waals surface area contributed by atoms with E-state index in [1.807, 2.05) is 12.2 Å². The van der Waals surface area contributed by atoms with Crippen molar-refractivity contribution in [2.45, 2.75) is 49.1 Å². The van der Waals surface area contributed by atoms with Crippen molar-refractivity contribution in [3.63, 3.8) is 0 Å². The Kier molecular flexibility index (Phi) is 2.13. The Bertz CT molecular complexity index is 476. The molecule has 0 aromatic heterocycles. The molecule has 19 heavy (non-hydrogen) atoms. The fraction of sp³-hybridized carbons (Fsp3) is 0.571. The summed E-state index contributed by atoms with van der Waals surface area (Å²) in [5.41, 5.74) is -2.09. The third-order valence-corrected chi connectivity index (χ3v) is 4.36. The first kappa shape index (κ1) is 11.4. The standard InChI is InChI=1S/C14H14O5/c15-11(13-5-1-9(18-13)2-6-13)17-12(16)14-7-3-10(19-14)4-8-14/h1,3,5,7,9-10H,2,4,6,8H2. The second kappa shape index (κ2) is 3.55. The third-order valence-electron chi connectivity index (χ3n) is 4.36. The lowest BCUT2D eigenvalue weighted by Gasteiger charge is -2.23. The van der Waals surface area contributed by atoms with Crippen molar-refractivity contribution < 1.29 is 23.8 Å². The first-order valence-corrected chi connectivity index (χ1v) is 6.63. The number of hydrogen-bond acceptors (Lipinski definition) is 5. The minimum absolute atomic E-state index is 0.0145. The van der Waals surface area contributed by atoms with Crippen LogP contribution in [0.5, 0.6) is 0 Å². The number of esters is 2. The average molecular weight is 262 g/mol. The van der Waals surface area contributed by atoms with E-state index in [9.17, 15) is 9.59 Å². The van der Waals surface area contributed by atoms with Crippen LogP contribution in [0.1, 0.15) is 25.7 Å². The second-order valence-electron chi connectivity index (χ2n) is 5.56. The SMILES string of the molecule is O=C(OC(=O)C12C=CC(CC1)O2)C12C=CC(CC1)O2. The Morgan fingerprint density at radius 1 is 0.947 bits per heavy atom. The summed E-state index contributed by atoms with van der Waals surface area (Å²) in [6.07, 6.45) is 9.83. The van der Waals surface area contributed by atoms with Gasteiger partial charge in [0.15, 0.2) is 11.2 Å². The van der Waals surface area contributed by atoms with Gasteiger partial charge < -0.3 is 14.2 Å². The number of rotatable bonds is 2. The van der Waals surface area contributed by atoms with Crippen molar-refractivity contribution in [1.82, 2.24) is 0 Å². The molecule has 2 saturated heterocycles. The van der Waals surface area contributed by atoms with E-state index >= 15 is 0 Å². The molecule has 0 spiro atoms. The van der Waals surface area contributed by atoms with Gasteiger partial charge in [0.25, 0.3) is 0 Å². The van der Waals surface area contributed by atoms with E-state index in [-0.39, 0.29) is 12.2 Å². The lowest BCUT2D eigenvalue weighted by Crippen LogP contribution is -2.43. The van der Waals surface area contributed by atoms with Crippen LogP contribution < -0.4 is 0 Å². The molecule has 0 amide bonds. The number of carbonyl (C=O) groups is 2. The van der Waals surface area contributed by atoms with Crippen LogP contribution in [0, 0.1) is 0 Å². The average Bonchev–Trinajstić information content (AvgIpc) is 3.19. The topological polar surface area (TPSA) is 61.8 Å². The van der Waals surface area contributed by atoms with Crippen LogP contribution in [0.2, 0.25) is 0 Å². The molecule has 0 N–H and O–H groups in total. The van der Waals surface area contributed by atoms with Crippen molar-refractivity contribution in [2.24, 2.45) is 0 Å². The minimum Gasteiger partial charge on any atom is -0.388 e. The Morgan fingerprint density at radius 2 is 1.42 bits per heavy atom. The van der Waals surface area contributed by atoms with Gasteiger partial charge in [-0.25, -0.2) is 9.59 Å². The van der Waals surface area contributed by atoms with E-state index in [0.29, 0.717) is 12.8 Å². The van der Waals surface area contributed by atoms with Gasteiger partial charge in [0.2, 0.25) is 0 Å². The molecule has 4 unspecified atom stereocenters. The van der Waals surface area contributed by atoms with E-state index in [4.69, 9.17) is 14.2 Å². The first-order chi connectivity index (χ1) is 9.12. The smallest absolute Gasteiger partial charge is 0.350 e. The third kappa shape index (κ3) is 1.48. The number of carbonyl (C=O) groups excluding carboxylic acids is 2. The molecule has 4 aliphatic heterocycles. The highest BCUT2D eigenvalue weighted by molar-refractivity contribution is 5.97. The Balaban J connectivity index is 1.50. The van der Waals surface area contributed by atoms with E-state index < -0.39 is 23.1 Å². The maximum absolute atomic E-state index is 12.2. The Hall–Kier alpha value is -1.46. The predicted octanol–water partition coefficient (Wildman–Crippen LogP) is 1.03. The quantitative estimate of drug-likeness (QED) is 0.422. The summed E-state index contributed by atoms with van der Waals surface area (Å²) in [6.45, 7) is 0. The lowest BCUT2D eigenvalue weighted by atomic mass is 9.94.